The van der Waals surface area contributed by atoms with Crippen LogP contribution in [-0.2, 0) is 9.59 Å². The second-order valence-electron chi connectivity index (χ2n) is 8.45. The van der Waals surface area contributed by atoms with Gasteiger partial charge in [-0.3, -0.25) is 14.5 Å². The minimum Gasteiger partial charge on any atom is -0.507 e. The number of hydrogen-bond acceptors (Lipinski definition) is 6. The topological polar surface area (TPSA) is 85.3 Å². The zero-order chi connectivity index (χ0) is 26.0. The van der Waals surface area contributed by atoms with Crippen LogP contribution in [0.15, 0.2) is 72.3 Å². The number of ether oxygens (including phenoxy) is 3. The highest BCUT2D eigenvalue weighted by molar-refractivity contribution is 6.52. The van der Waals surface area contributed by atoms with Gasteiger partial charge < -0.3 is 19.3 Å². The van der Waals surface area contributed by atoms with Crippen molar-refractivity contribution in [3.63, 3.8) is 0 Å². The summed E-state index contributed by atoms with van der Waals surface area (Å²) < 4.78 is 16.3. The van der Waals surface area contributed by atoms with Crippen LogP contribution in [0.1, 0.15) is 31.0 Å². The van der Waals surface area contributed by atoms with Crippen molar-refractivity contribution in [3.8, 4) is 17.2 Å². The van der Waals surface area contributed by atoms with E-state index in [1.54, 1.807) is 60.7 Å². The number of ketones is 1. The van der Waals surface area contributed by atoms with Crippen molar-refractivity contribution >= 4 is 34.7 Å². The van der Waals surface area contributed by atoms with E-state index in [4.69, 9.17) is 25.8 Å². The molecule has 0 aromatic heterocycles. The molecule has 1 atom stereocenters. The van der Waals surface area contributed by atoms with Gasteiger partial charge in [-0.15, -0.1) is 0 Å². The largest absolute Gasteiger partial charge is 0.507 e. The molecule has 1 saturated heterocycles. The Labute approximate surface area is 214 Å². The third-order valence-corrected chi connectivity index (χ3v) is 6.10. The lowest BCUT2D eigenvalue weighted by Gasteiger charge is -2.26. The molecule has 3 aromatic rings. The number of rotatable bonds is 7. The van der Waals surface area contributed by atoms with Gasteiger partial charge in [-0.1, -0.05) is 23.7 Å². The molecular weight excluding hydrogens is 482 g/mol. The molecule has 36 heavy (non-hydrogen) atoms. The van der Waals surface area contributed by atoms with Gasteiger partial charge in [0.05, 0.1) is 37.0 Å². The van der Waals surface area contributed by atoms with Gasteiger partial charge in [-0.25, -0.2) is 0 Å². The van der Waals surface area contributed by atoms with Gasteiger partial charge >= 0.3 is 0 Å². The molecule has 0 radical (unpaired) electrons. The number of methoxy groups -OCH3 is 2. The molecule has 0 spiro atoms. The SMILES string of the molecule is COc1cccc(C2/C(=C(\O)c3cc(OC)ccc3Cl)C(=O)C(=O)N2c2ccc(OC(C)C)cc2)c1. The highest BCUT2D eigenvalue weighted by atomic mass is 35.5. The number of anilines is 1. The summed E-state index contributed by atoms with van der Waals surface area (Å²) in [5.74, 6) is -0.395. The molecule has 1 fully saturated rings. The molecule has 4 rings (SSSR count). The van der Waals surface area contributed by atoms with Crippen molar-refractivity contribution in [3.05, 3.63) is 88.5 Å². The van der Waals surface area contributed by atoms with Gasteiger partial charge in [-0.05, 0) is 74.0 Å². The fourth-order valence-corrected chi connectivity index (χ4v) is 4.35. The first-order valence-electron chi connectivity index (χ1n) is 11.3. The molecule has 8 heteroatoms. The molecule has 1 heterocycles. The number of aliphatic hydroxyl groups excluding tert-OH is 1. The summed E-state index contributed by atoms with van der Waals surface area (Å²) in [5, 5.41) is 11.6. The highest BCUT2D eigenvalue weighted by Gasteiger charge is 2.47. The van der Waals surface area contributed by atoms with E-state index in [1.165, 1.54) is 25.2 Å². The van der Waals surface area contributed by atoms with E-state index in [0.29, 0.717) is 28.5 Å². The average Bonchev–Trinajstić information content (AvgIpc) is 3.14. The Hall–Kier alpha value is -3.97. The van der Waals surface area contributed by atoms with Gasteiger partial charge in [0.2, 0.25) is 0 Å². The quantitative estimate of drug-likeness (QED) is 0.248. The van der Waals surface area contributed by atoms with E-state index in [-0.39, 0.29) is 22.3 Å². The molecule has 1 aliphatic heterocycles. The Balaban J connectivity index is 1.92. The molecule has 1 N–H and O–H groups in total. The van der Waals surface area contributed by atoms with Gasteiger partial charge in [0.15, 0.2) is 0 Å². The number of hydrogen-bond donors (Lipinski definition) is 1. The Kier molecular flexibility index (Phi) is 7.22. The van der Waals surface area contributed by atoms with E-state index in [9.17, 15) is 14.7 Å². The molecular formula is C28H26ClNO6. The van der Waals surface area contributed by atoms with Crippen LogP contribution in [0.4, 0.5) is 5.69 Å². The normalized spacial score (nSPS) is 16.9. The Bertz CT molecular complexity index is 1330. The number of amides is 1. The fourth-order valence-electron chi connectivity index (χ4n) is 4.14. The Morgan fingerprint density at radius 3 is 2.19 bits per heavy atom. The van der Waals surface area contributed by atoms with Crippen molar-refractivity contribution in [2.45, 2.75) is 26.0 Å². The van der Waals surface area contributed by atoms with Gasteiger partial charge in [0.25, 0.3) is 11.7 Å². The lowest BCUT2D eigenvalue weighted by atomic mass is 9.95. The maximum atomic E-state index is 13.4. The number of carbonyl (C=O) groups is 2. The Morgan fingerprint density at radius 1 is 0.917 bits per heavy atom. The number of halogens is 1. The smallest absolute Gasteiger partial charge is 0.300 e. The minimum absolute atomic E-state index is 0.0190. The van der Waals surface area contributed by atoms with Crippen LogP contribution in [0.2, 0.25) is 5.02 Å². The van der Waals surface area contributed by atoms with Crippen LogP contribution >= 0.6 is 11.6 Å². The van der Waals surface area contributed by atoms with Crippen LogP contribution in [0.25, 0.3) is 5.76 Å². The van der Waals surface area contributed by atoms with E-state index >= 15 is 0 Å². The van der Waals surface area contributed by atoms with E-state index in [2.05, 4.69) is 0 Å². The van der Waals surface area contributed by atoms with Crippen LogP contribution in [-0.4, -0.2) is 37.1 Å². The first-order valence-corrected chi connectivity index (χ1v) is 11.7. The van der Waals surface area contributed by atoms with Crippen molar-refractivity contribution in [1.29, 1.82) is 0 Å². The number of carbonyl (C=O) groups excluding carboxylic acids is 2. The summed E-state index contributed by atoms with van der Waals surface area (Å²) in [7, 11) is 3.01. The molecule has 3 aromatic carbocycles. The van der Waals surface area contributed by atoms with E-state index in [0.717, 1.165) is 0 Å². The molecule has 1 unspecified atom stereocenters. The summed E-state index contributed by atoms with van der Waals surface area (Å²) in [5.41, 5.74) is 1.14. The van der Waals surface area contributed by atoms with Gasteiger partial charge in [0.1, 0.15) is 23.0 Å². The second kappa shape index (κ2) is 10.3. The van der Waals surface area contributed by atoms with Gasteiger partial charge in [-0.2, -0.15) is 0 Å². The van der Waals surface area contributed by atoms with E-state index < -0.39 is 23.5 Å². The summed E-state index contributed by atoms with van der Waals surface area (Å²) in [6.07, 6.45) is -0.0190. The van der Waals surface area contributed by atoms with Crippen molar-refractivity contribution in [2.75, 3.05) is 19.1 Å². The maximum absolute atomic E-state index is 13.4. The summed E-state index contributed by atoms with van der Waals surface area (Å²) in [6.45, 7) is 3.83. The average molecular weight is 508 g/mol. The van der Waals surface area contributed by atoms with Crippen LogP contribution in [0.5, 0.6) is 17.2 Å². The number of nitrogens with zero attached hydrogens (tertiary/aromatic N) is 1. The standard InChI is InChI=1S/C28H26ClNO6/c1-16(2)36-19-10-8-18(9-11-19)30-25(17-6-5-7-20(14-17)34-3)24(27(32)28(30)33)26(31)22-15-21(35-4)12-13-23(22)29/h5-16,25,31H,1-4H3/b26-24+. The molecule has 1 amide bonds. The summed E-state index contributed by atoms with van der Waals surface area (Å²) in [4.78, 5) is 28.1. The third-order valence-electron chi connectivity index (χ3n) is 5.77. The first kappa shape index (κ1) is 25.1. The second-order valence-corrected chi connectivity index (χ2v) is 8.86. The minimum atomic E-state index is -0.931. The predicted octanol–water partition coefficient (Wildman–Crippen LogP) is 5.77. The molecule has 186 valence electrons. The number of Topliss-reactive ketones (excluding diaryl/α,β-unsaturated/α-hetero) is 1. The molecule has 0 bridgehead atoms. The number of benzene rings is 3. The lowest BCUT2D eigenvalue weighted by molar-refractivity contribution is -0.132. The third kappa shape index (κ3) is 4.75. The van der Waals surface area contributed by atoms with Crippen LogP contribution < -0.4 is 19.1 Å². The summed E-state index contributed by atoms with van der Waals surface area (Å²) in [6, 6.07) is 17.7. The highest BCUT2D eigenvalue weighted by Crippen LogP contribution is 2.44. The maximum Gasteiger partial charge on any atom is 0.300 e. The van der Waals surface area contributed by atoms with Crippen molar-refractivity contribution in [1.82, 2.24) is 0 Å². The predicted molar refractivity (Wildman–Crippen MR) is 138 cm³/mol. The Morgan fingerprint density at radius 2 is 1.56 bits per heavy atom. The zero-order valence-corrected chi connectivity index (χ0v) is 21.1. The monoisotopic (exact) mass is 507 g/mol. The van der Waals surface area contributed by atoms with Crippen molar-refractivity contribution in [2.24, 2.45) is 0 Å². The molecule has 7 nitrogen and oxygen atoms in total. The fraction of sp³-hybridized carbons (Fsp3) is 0.214. The molecule has 0 aliphatic carbocycles. The van der Waals surface area contributed by atoms with Crippen molar-refractivity contribution < 1.29 is 28.9 Å². The zero-order valence-electron chi connectivity index (χ0n) is 20.3. The molecule has 1 aliphatic rings. The van der Waals surface area contributed by atoms with Crippen LogP contribution in [0.3, 0.4) is 0 Å². The number of aliphatic hydroxyl groups is 1. The summed E-state index contributed by atoms with van der Waals surface area (Å²) >= 11 is 6.37. The first-order chi connectivity index (χ1) is 17.2. The van der Waals surface area contributed by atoms with E-state index in [1.807, 2.05) is 13.8 Å². The lowest BCUT2D eigenvalue weighted by Crippen LogP contribution is -2.29. The van der Waals surface area contributed by atoms with Gasteiger partial charge in [0, 0.05) is 11.3 Å². The molecule has 0 saturated carbocycles. The van der Waals surface area contributed by atoms with Crippen LogP contribution in [0, 0.1) is 0 Å².